The normalized spacial score (nSPS) is 14.0. The van der Waals surface area contributed by atoms with Gasteiger partial charge in [0.25, 0.3) is 5.91 Å². The summed E-state index contributed by atoms with van der Waals surface area (Å²) in [6, 6.07) is 15.9. The van der Waals surface area contributed by atoms with E-state index >= 15 is 0 Å². The van der Waals surface area contributed by atoms with Crippen molar-refractivity contribution in [2.24, 2.45) is 7.05 Å². The summed E-state index contributed by atoms with van der Waals surface area (Å²) < 4.78 is 33.7. The zero-order chi connectivity index (χ0) is 32.0. The van der Waals surface area contributed by atoms with Crippen LogP contribution in [0.5, 0.6) is 0 Å². The topological polar surface area (TPSA) is 134 Å². The van der Waals surface area contributed by atoms with Crippen LogP contribution < -0.4 is 10.2 Å². The van der Waals surface area contributed by atoms with Gasteiger partial charge < -0.3 is 24.8 Å². The highest BCUT2D eigenvalue weighted by Gasteiger charge is 2.38. The lowest BCUT2D eigenvalue weighted by Gasteiger charge is -2.35. The van der Waals surface area contributed by atoms with Gasteiger partial charge in [0.05, 0.1) is 0 Å². The first kappa shape index (κ1) is 31.9. The van der Waals surface area contributed by atoms with E-state index in [0.29, 0.717) is 18.8 Å². The molecule has 44 heavy (non-hydrogen) atoms. The Bertz CT molecular complexity index is 1650. The molecule has 11 nitrogen and oxygen atoms in total. The minimum Gasteiger partial charge on any atom is -0.475 e. The lowest BCUT2D eigenvalue weighted by molar-refractivity contribution is -0.192. The van der Waals surface area contributed by atoms with Crippen molar-refractivity contribution in [1.29, 1.82) is 0 Å². The number of carboxylic acid groups (broad SMARTS) is 1. The van der Waals surface area contributed by atoms with Crippen molar-refractivity contribution < 1.29 is 32.7 Å². The number of hydrogen-bond donors (Lipinski definition) is 2. The maximum atomic E-state index is 13.1. The SMILES string of the molecule is CC(=O)N1CCN(c2ccc3cnc(C(=O)Nc4cccc(C(C)Cc5nncn5C)c4)cc3c2)CC1.O=C(O)C(F)(F)F. The quantitative estimate of drug-likeness (QED) is 0.331. The van der Waals surface area contributed by atoms with Gasteiger partial charge in [0, 0.05) is 69.5 Å². The fourth-order valence-electron chi connectivity index (χ4n) is 4.73. The van der Waals surface area contributed by atoms with Crippen LogP contribution in [-0.2, 0) is 23.1 Å². The Labute approximate surface area is 251 Å². The van der Waals surface area contributed by atoms with E-state index in [-0.39, 0.29) is 17.7 Å². The smallest absolute Gasteiger partial charge is 0.475 e. The predicted molar refractivity (Wildman–Crippen MR) is 157 cm³/mol. The fourth-order valence-corrected chi connectivity index (χ4v) is 4.73. The van der Waals surface area contributed by atoms with Gasteiger partial charge in [-0.15, -0.1) is 10.2 Å². The van der Waals surface area contributed by atoms with Gasteiger partial charge >= 0.3 is 12.1 Å². The Kier molecular flexibility index (Phi) is 9.81. The van der Waals surface area contributed by atoms with Crippen molar-refractivity contribution >= 4 is 39.9 Å². The summed E-state index contributed by atoms with van der Waals surface area (Å²) in [7, 11) is 1.94. The van der Waals surface area contributed by atoms with Crippen LogP contribution >= 0.6 is 0 Å². The summed E-state index contributed by atoms with van der Waals surface area (Å²) in [5, 5.41) is 20.2. The van der Waals surface area contributed by atoms with Crippen LogP contribution in [0.25, 0.3) is 10.8 Å². The van der Waals surface area contributed by atoms with Gasteiger partial charge in [-0.05, 0) is 47.2 Å². The second kappa shape index (κ2) is 13.5. The number of aliphatic carboxylic acids is 1. The molecule has 0 spiro atoms. The third-order valence-corrected chi connectivity index (χ3v) is 7.28. The molecule has 2 N–H and O–H groups in total. The summed E-state index contributed by atoms with van der Waals surface area (Å²) in [6.45, 7) is 6.76. The molecule has 232 valence electrons. The minimum absolute atomic E-state index is 0.116. The summed E-state index contributed by atoms with van der Waals surface area (Å²) >= 11 is 0. The molecule has 0 radical (unpaired) electrons. The van der Waals surface area contributed by atoms with E-state index in [0.717, 1.165) is 53.0 Å². The number of fused-ring (bicyclic) bond motifs is 1. The number of anilines is 2. The molecular formula is C30H32F3N7O4. The zero-order valence-electron chi connectivity index (χ0n) is 24.4. The highest BCUT2D eigenvalue weighted by atomic mass is 19.4. The number of amides is 2. The number of halogens is 3. The average molecular weight is 612 g/mol. The number of piperazine rings is 1. The number of rotatable bonds is 6. The highest BCUT2D eigenvalue weighted by Crippen LogP contribution is 2.25. The minimum atomic E-state index is -5.08. The Morgan fingerprint density at radius 3 is 2.34 bits per heavy atom. The number of nitrogens with zero attached hydrogens (tertiary/aromatic N) is 6. The van der Waals surface area contributed by atoms with Crippen molar-refractivity contribution in [3.8, 4) is 0 Å². The molecule has 0 bridgehead atoms. The second-order valence-electron chi connectivity index (χ2n) is 10.4. The molecule has 2 amide bonds. The first-order valence-corrected chi connectivity index (χ1v) is 13.8. The van der Waals surface area contributed by atoms with Crippen molar-refractivity contribution in [3.63, 3.8) is 0 Å². The molecule has 0 saturated carbocycles. The molecule has 2 aromatic carbocycles. The van der Waals surface area contributed by atoms with Gasteiger partial charge in [0.2, 0.25) is 5.91 Å². The number of carboxylic acids is 1. The number of aromatic nitrogens is 4. The maximum absolute atomic E-state index is 13.1. The molecule has 3 heterocycles. The Balaban J connectivity index is 0.000000566. The van der Waals surface area contributed by atoms with Gasteiger partial charge in [0.15, 0.2) is 0 Å². The summed E-state index contributed by atoms with van der Waals surface area (Å²) in [6.07, 6.45) is -0.889. The first-order valence-electron chi connectivity index (χ1n) is 13.8. The third kappa shape index (κ3) is 8.08. The van der Waals surface area contributed by atoms with E-state index < -0.39 is 12.1 Å². The first-order chi connectivity index (χ1) is 20.8. The summed E-state index contributed by atoms with van der Waals surface area (Å²) in [4.78, 5) is 42.2. The summed E-state index contributed by atoms with van der Waals surface area (Å²) in [5.74, 6) is -1.75. The van der Waals surface area contributed by atoms with Crippen LogP contribution in [0.2, 0.25) is 0 Å². The number of carbonyl (C=O) groups excluding carboxylic acids is 2. The number of aryl methyl sites for hydroxylation is 1. The molecule has 1 atom stereocenters. The van der Waals surface area contributed by atoms with E-state index in [9.17, 15) is 22.8 Å². The molecule has 1 unspecified atom stereocenters. The average Bonchev–Trinajstić information content (AvgIpc) is 3.40. The van der Waals surface area contributed by atoms with Gasteiger partial charge in [0.1, 0.15) is 17.8 Å². The van der Waals surface area contributed by atoms with Gasteiger partial charge in [-0.3, -0.25) is 14.6 Å². The largest absolute Gasteiger partial charge is 0.490 e. The van der Waals surface area contributed by atoms with E-state index in [1.165, 1.54) is 0 Å². The molecule has 2 aromatic heterocycles. The van der Waals surface area contributed by atoms with Crippen molar-refractivity contribution in [1.82, 2.24) is 24.6 Å². The van der Waals surface area contributed by atoms with Crippen LogP contribution in [0.4, 0.5) is 24.5 Å². The van der Waals surface area contributed by atoms with Gasteiger partial charge in [-0.1, -0.05) is 25.1 Å². The van der Waals surface area contributed by atoms with E-state index in [1.807, 2.05) is 46.8 Å². The predicted octanol–water partition coefficient (Wildman–Crippen LogP) is 4.26. The van der Waals surface area contributed by atoms with Crippen molar-refractivity contribution in [2.75, 3.05) is 36.4 Å². The van der Waals surface area contributed by atoms with Crippen LogP contribution in [0.3, 0.4) is 0 Å². The molecular weight excluding hydrogens is 579 g/mol. The van der Waals surface area contributed by atoms with Crippen LogP contribution in [0.15, 0.2) is 61.1 Å². The molecule has 1 aliphatic rings. The summed E-state index contributed by atoms with van der Waals surface area (Å²) in [5.41, 5.74) is 3.29. The molecule has 1 saturated heterocycles. The number of pyridine rings is 1. The number of carbonyl (C=O) groups is 3. The fraction of sp³-hybridized carbons (Fsp3) is 0.333. The van der Waals surface area contributed by atoms with Crippen LogP contribution in [-0.4, -0.2) is 79.9 Å². The molecule has 5 rings (SSSR count). The van der Waals surface area contributed by atoms with Crippen molar-refractivity contribution in [3.05, 3.63) is 78.1 Å². The van der Waals surface area contributed by atoms with Gasteiger partial charge in [-0.2, -0.15) is 13.2 Å². The van der Waals surface area contributed by atoms with E-state index in [4.69, 9.17) is 9.90 Å². The Hall–Kier alpha value is -5.01. The Morgan fingerprint density at radius 1 is 1.02 bits per heavy atom. The zero-order valence-corrected chi connectivity index (χ0v) is 24.4. The monoisotopic (exact) mass is 611 g/mol. The molecule has 4 aromatic rings. The van der Waals surface area contributed by atoms with Crippen LogP contribution in [0, 0.1) is 0 Å². The Morgan fingerprint density at radius 2 is 1.73 bits per heavy atom. The second-order valence-corrected chi connectivity index (χ2v) is 10.4. The number of hydrogen-bond acceptors (Lipinski definition) is 7. The lowest BCUT2D eigenvalue weighted by atomic mass is 9.97. The van der Waals surface area contributed by atoms with Gasteiger partial charge in [-0.25, -0.2) is 4.79 Å². The van der Waals surface area contributed by atoms with Crippen molar-refractivity contribution in [2.45, 2.75) is 32.4 Å². The van der Waals surface area contributed by atoms with E-state index in [2.05, 4.69) is 50.5 Å². The molecule has 14 heteroatoms. The molecule has 1 fully saturated rings. The highest BCUT2D eigenvalue weighted by molar-refractivity contribution is 6.05. The third-order valence-electron chi connectivity index (χ3n) is 7.28. The number of alkyl halides is 3. The lowest BCUT2D eigenvalue weighted by Crippen LogP contribution is -2.48. The number of benzene rings is 2. The standard InChI is InChI=1S/C28H31N7O2.C2HF3O2/c1-19(13-27-32-30-18-33(27)3)21-5-4-6-24(14-21)31-28(37)26-16-23-15-25(8-7-22(23)17-29-26)35-11-9-34(10-12-35)20(2)36;3-2(4,5)1(6)7/h4-8,14-19H,9-13H2,1-3H3,(H,31,37);(H,6,7). The van der Waals surface area contributed by atoms with Crippen LogP contribution in [0.1, 0.15) is 41.6 Å². The molecule has 1 aliphatic heterocycles. The number of nitrogens with one attached hydrogen (secondary N) is 1. The van der Waals surface area contributed by atoms with E-state index in [1.54, 1.807) is 19.4 Å². The maximum Gasteiger partial charge on any atom is 0.490 e. The molecule has 0 aliphatic carbocycles.